The molecule has 1 aromatic carbocycles. The van der Waals surface area contributed by atoms with Crippen molar-refractivity contribution < 1.29 is 14.6 Å². The van der Waals surface area contributed by atoms with Crippen LogP contribution in [-0.4, -0.2) is 29.2 Å². The number of aromatic amines is 1. The molecule has 1 aliphatic heterocycles. The van der Waals surface area contributed by atoms with Crippen LogP contribution in [0.3, 0.4) is 0 Å². The summed E-state index contributed by atoms with van der Waals surface area (Å²) in [5.74, 6) is 0.285. The summed E-state index contributed by atoms with van der Waals surface area (Å²) in [4.78, 5) is 12.8. The first kappa shape index (κ1) is 25.8. The van der Waals surface area contributed by atoms with Crippen LogP contribution < -0.4 is 17.2 Å². The highest BCUT2D eigenvalue weighted by atomic mass is 16.5. The summed E-state index contributed by atoms with van der Waals surface area (Å²) in [5.41, 5.74) is 21.2. The van der Waals surface area contributed by atoms with Crippen LogP contribution in [0.1, 0.15) is 56.0 Å². The molecule has 1 amide bonds. The summed E-state index contributed by atoms with van der Waals surface area (Å²) in [6.07, 6.45) is 4.82. The normalized spacial score (nSPS) is 15.0. The number of aromatic nitrogens is 1. The Bertz CT molecular complexity index is 910. The van der Waals surface area contributed by atoms with Crippen LogP contribution >= 0.6 is 0 Å². The summed E-state index contributed by atoms with van der Waals surface area (Å²) in [7, 11) is 0. The zero-order valence-corrected chi connectivity index (χ0v) is 19.0. The van der Waals surface area contributed by atoms with Crippen molar-refractivity contribution in [2.75, 3.05) is 18.9 Å². The SMILES string of the molecule is C=CC(N)=O.CC.Cc1c(C2(C)CCOCC2)[nH]c(N)c1/C=C(\N)c1ccccc1O. The minimum Gasteiger partial charge on any atom is -0.507 e. The Morgan fingerprint density at radius 2 is 1.77 bits per heavy atom. The Morgan fingerprint density at radius 1 is 1.23 bits per heavy atom. The lowest BCUT2D eigenvalue weighted by Crippen LogP contribution is -2.31. The molecule has 0 saturated carbocycles. The molecule has 0 aliphatic carbocycles. The second-order valence-electron chi connectivity index (χ2n) is 7.35. The first-order valence-corrected chi connectivity index (χ1v) is 10.4. The number of benzene rings is 1. The highest BCUT2D eigenvalue weighted by molar-refractivity contribution is 5.86. The topological polar surface area (TPSA) is 140 Å². The van der Waals surface area contributed by atoms with Gasteiger partial charge < -0.3 is 32.0 Å². The minimum atomic E-state index is -0.481. The van der Waals surface area contributed by atoms with Gasteiger partial charge in [0.25, 0.3) is 0 Å². The number of hydrogen-bond donors (Lipinski definition) is 5. The number of hydrogen-bond acceptors (Lipinski definition) is 5. The molecule has 0 spiro atoms. The van der Waals surface area contributed by atoms with E-state index < -0.39 is 5.91 Å². The van der Waals surface area contributed by atoms with Crippen LogP contribution in [0.2, 0.25) is 0 Å². The van der Waals surface area contributed by atoms with Crippen LogP contribution in [0.25, 0.3) is 11.8 Å². The number of phenols is 1. The zero-order chi connectivity index (χ0) is 23.6. The molecule has 1 aliphatic rings. The molecule has 31 heavy (non-hydrogen) atoms. The third-order valence-corrected chi connectivity index (χ3v) is 5.24. The molecule has 0 atom stereocenters. The Hall–Kier alpha value is -3.19. The van der Waals surface area contributed by atoms with Gasteiger partial charge in [-0.25, -0.2) is 0 Å². The molecule has 3 rings (SSSR count). The van der Waals surface area contributed by atoms with E-state index >= 15 is 0 Å². The van der Waals surface area contributed by atoms with Crippen molar-refractivity contribution in [2.45, 2.75) is 46.0 Å². The van der Waals surface area contributed by atoms with Gasteiger partial charge in [-0.15, -0.1) is 0 Å². The Labute approximate surface area is 185 Å². The highest BCUT2D eigenvalue weighted by Gasteiger charge is 2.33. The van der Waals surface area contributed by atoms with Crippen LogP contribution in [0.5, 0.6) is 5.75 Å². The fourth-order valence-corrected chi connectivity index (χ4v) is 3.44. The number of anilines is 1. The standard InChI is InChI=1S/C19H25N3O2.C3H5NO.C2H6/c1-12-14(11-15(20)13-5-3-4-6-16(13)23)18(21)22-17(12)19(2)7-9-24-10-8-19;1-2-3(4)5;1-2/h3-6,11,22-23H,7-10,20-21H2,1-2H3;2H,1H2,(H2,4,5);1-2H3/b15-11-;;. The molecular formula is C24H36N4O3. The van der Waals surface area contributed by atoms with Gasteiger partial charge in [-0.05, 0) is 49.6 Å². The summed E-state index contributed by atoms with van der Waals surface area (Å²) in [6.45, 7) is 12.9. The van der Waals surface area contributed by atoms with Gasteiger partial charge in [-0.2, -0.15) is 0 Å². The number of nitrogens with one attached hydrogen (secondary N) is 1. The fraction of sp³-hybridized carbons (Fsp3) is 0.375. The van der Waals surface area contributed by atoms with Crippen molar-refractivity contribution in [1.29, 1.82) is 0 Å². The summed E-state index contributed by atoms with van der Waals surface area (Å²) >= 11 is 0. The van der Waals surface area contributed by atoms with Crippen molar-refractivity contribution in [3.8, 4) is 5.75 Å². The van der Waals surface area contributed by atoms with Crippen molar-refractivity contribution in [3.63, 3.8) is 0 Å². The number of amides is 1. The van der Waals surface area contributed by atoms with E-state index in [4.69, 9.17) is 16.2 Å². The van der Waals surface area contributed by atoms with Crippen LogP contribution in [0.15, 0.2) is 36.9 Å². The molecule has 1 aromatic heterocycles. The molecule has 0 radical (unpaired) electrons. The van der Waals surface area contributed by atoms with Crippen molar-refractivity contribution in [3.05, 3.63) is 59.3 Å². The van der Waals surface area contributed by atoms with Crippen molar-refractivity contribution in [1.82, 2.24) is 4.98 Å². The highest BCUT2D eigenvalue weighted by Crippen LogP contribution is 2.39. The number of aromatic hydroxyl groups is 1. The molecule has 8 N–H and O–H groups in total. The third kappa shape index (κ3) is 6.65. The average molecular weight is 429 g/mol. The summed E-state index contributed by atoms with van der Waals surface area (Å²) in [6, 6.07) is 7.03. The van der Waals surface area contributed by atoms with E-state index in [9.17, 15) is 9.90 Å². The van der Waals surface area contributed by atoms with Gasteiger partial charge in [-0.3, -0.25) is 4.79 Å². The smallest absolute Gasteiger partial charge is 0.240 e. The largest absolute Gasteiger partial charge is 0.507 e. The first-order chi connectivity index (χ1) is 14.7. The number of nitrogens with two attached hydrogens (primary N) is 3. The minimum absolute atomic E-state index is 0.0339. The Morgan fingerprint density at radius 3 is 2.29 bits per heavy atom. The van der Waals surface area contributed by atoms with Gasteiger partial charge in [0, 0.05) is 41.1 Å². The number of primary amides is 1. The first-order valence-electron chi connectivity index (χ1n) is 10.4. The maximum atomic E-state index is 9.97. The lowest BCUT2D eigenvalue weighted by Gasteiger charge is -2.33. The second kappa shape index (κ2) is 11.9. The number of rotatable bonds is 4. The number of carbonyl (C=O) groups is 1. The van der Waals surface area contributed by atoms with Gasteiger partial charge in [0.15, 0.2) is 0 Å². The van der Waals surface area contributed by atoms with Crippen LogP contribution in [-0.2, 0) is 14.9 Å². The van der Waals surface area contributed by atoms with Crippen LogP contribution in [0.4, 0.5) is 5.82 Å². The Kier molecular flexibility index (Phi) is 9.89. The van der Waals surface area contributed by atoms with E-state index in [0.29, 0.717) is 17.1 Å². The number of nitrogen functional groups attached to an aromatic ring is 1. The predicted octanol–water partition coefficient (Wildman–Crippen LogP) is 3.82. The third-order valence-electron chi connectivity index (χ3n) is 5.24. The van der Waals surface area contributed by atoms with Gasteiger partial charge >= 0.3 is 0 Å². The molecule has 170 valence electrons. The molecule has 1 saturated heterocycles. The lowest BCUT2D eigenvalue weighted by molar-refractivity contribution is -0.113. The van der Waals surface area contributed by atoms with Gasteiger partial charge in [0.2, 0.25) is 5.91 Å². The quantitative estimate of drug-likeness (QED) is 0.471. The number of phenolic OH excluding ortho intramolecular Hbond substituents is 1. The molecule has 1 fully saturated rings. The molecule has 0 unspecified atom stereocenters. The molecular weight excluding hydrogens is 392 g/mol. The van der Waals surface area contributed by atoms with Crippen molar-refractivity contribution in [2.24, 2.45) is 11.5 Å². The maximum Gasteiger partial charge on any atom is 0.240 e. The van der Waals surface area contributed by atoms with Crippen LogP contribution in [0, 0.1) is 6.92 Å². The summed E-state index contributed by atoms with van der Waals surface area (Å²) in [5, 5.41) is 9.97. The van der Waals surface area contributed by atoms with E-state index in [2.05, 4.69) is 31.1 Å². The number of carbonyl (C=O) groups excluding carboxylic acids is 1. The van der Waals surface area contributed by atoms with E-state index in [1.807, 2.05) is 26.0 Å². The van der Waals surface area contributed by atoms with Gasteiger partial charge in [-0.1, -0.05) is 39.5 Å². The van der Waals surface area contributed by atoms with E-state index in [1.54, 1.807) is 18.2 Å². The molecule has 2 aromatic rings. The molecule has 7 nitrogen and oxygen atoms in total. The Balaban J connectivity index is 0.000000605. The maximum absolute atomic E-state index is 9.97. The molecule has 7 heteroatoms. The van der Waals surface area contributed by atoms with E-state index in [1.165, 1.54) is 0 Å². The van der Waals surface area contributed by atoms with Gasteiger partial charge in [0.05, 0.1) is 0 Å². The number of para-hydroxylation sites is 1. The van der Waals surface area contributed by atoms with E-state index in [-0.39, 0.29) is 11.2 Å². The van der Waals surface area contributed by atoms with Gasteiger partial charge in [0.1, 0.15) is 11.6 Å². The predicted molar refractivity (Wildman–Crippen MR) is 128 cm³/mol. The van der Waals surface area contributed by atoms with E-state index in [0.717, 1.165) is 49.0 Å². The average Bonchev–Trinajstić information content (AvgIpc) is 3.05. The monoisotopic (exact) mass is 428 g/mol. The second-order valence-corrected chi connectivity index (χ2v) is 7.35. The number of H-pyrrole nitrogens is 1. The molecule has 0 bridgehead atoms. The summed E-state index contributed by atoms with van der Waals surface area (Å²) < 4.78 is 5.49. The van der Waals surface area contributed by atoms with Crippen molar-refractivity contribution >= 4 is 23.5 Å². The fourth-order valence-electron chi connectivity index (χ4n) is 3.44. The molecule has 2 heterocycles. The lowest BCUT2D eigenvalue weighted by atomic mass is 9.77. The zero-order valence-electron chi connectivity index (χ0n) is 19.0. The number of ether oxygens (including phenoxy) is 1.